The monoisotopic (exact) mass is 451 g/mol. The van der Waals surface area contributed by atoms with Gasteiger partial charge in [-0.1, -0.05) is 78.1 Å². The third-order valence-electron chi connectivity index (χ3n) is 6.13. The van der Waals surface area contributed by atoms with Crippen LogP contribution in [0.3, 0.4) is 0 Å². The van der Waals surface area contributed by atoms with Crippen molar-refractivity contribution in [2.24, 2.45) is 0 Å². The van der Waals surface area contributed by atoms with Crippen LogP contribution in [0, 0.1) is 0 Å². The number of nitrogens with zero attached hydrogens (tertiary/aromatic N) is 1. The number of unbranched alkanes of at least 4 members (excludes halogenated alkanes) is 10. The lowest BCUT2D eigenvalue weighted by molar-refractivity contribution is -0.935. The average Bonchev–Trinajstić information content (AvgIpc) is 2.73. The molecular formula is C24H50ClNO2S. The molecule has 0 aromatic heterocycles. The highest BCUT2D eigenvalue weighted by atomic mass is 35.5. The molecule has 1 aliphatic heterocycles. The summed E-state index contributed by atoms with van der Waals surface area (Å²) in [4.78, 5) is 0. The predicted octanol–water partition coefficient (Wildman–Crippen LogP) is 3.31. The summed E-state index contributed by atoms with van der Waals surface area (Å²) >= 11 is 2.08. The van der Waals surface area contributed by atoms with Crippen molar-refractivity contribution in [3.05, 3.63) is 0 Å². The second-order valence-corrected chi connectivity index (χ2v) is 9.83. The Morgan fingerprint density at radius 1 is 0.690 bits per heavy atom. The third-order valence-corrected chi connectivity index (χ3v) is 7.16. The van der Waals surface area contributed by atoms with E-state index in [0.29, 0.717) is 0 Å². The van der Waals surface area contributed by atoms with E-state index in [4.69, 9.17) is 9.47 Å². The minimum absolute atomic E-state index is 0. The first kappa shape index (κ1) is 29.5. The highest BCUT2D eigenvalue weighted by molar-refractivity contribution is 7.99. The molecule has 1 saturated heterocycles. The van der Waals surface area contributed by atoms with E-state index in [2.05, 4.69) is 25.6 Å². The van der Waals surface area contributed by atoms with Crippen LogP contribution >= 0.6 is 11.8 Å². The Kier molecular flexibility index (Phi) is 22.1. The van der Waals surface area contributed by atoms with Gasteiger partial charge in [0.2, 0.25) is 0 Å². The van der Waals surface area contributed by atoms with Crippen LogP contribution in [0.2, 0.25) is 0 Å². The maximum Gasteiger partial charge on any atom is 0.103 e. The molecule has 29 heavy (non-hydrogen) atoms. The first-order valence-corrected chi connectivity index (χ1v) is 13.6. The molecule has 0 saturated carbocycles. The Hall–Kier alpha value is 0.520. The molecule has 0 aromatic carbocycles. The highest BCUT2D eigenvalue weighted by Gasteiger charge is 2.29. The molecule has 0 bridgehead atoms. The van der Waals surface area contributed by atoms with Gasteiger partial charge in [0.15, 0.2) is 0 Å². The van der Waals surface area contributed by atoms with Crippen molar-refractivity contribution < 1.29 is 26.4 Å². The van der Waals surface area contributed by atoms with Crippen molar-refractivity contribution in [2.45, 2.75) is 90.9 Å². The van der Waals surface area contributed by atoms with Crippen LogP contribution in [0.5, 0.6) is 0 Å². The molecule has 0 aromatic rings. The van der Waals surface area contributed by atoms with Gasteiger partial charge < -0.3 is 26.4 Å². The maximum atomic E-state index is 5.96. The van der Waals surface area contributed by atoms with Gasteiger partial charge in [-0.2, -0.15) is 11.8 Å². The number of hydrogen-bond acceptors (Lipinski definition) is 3. The van der Waals surface area contributed by atoms with Gasteiger partial charge in [0.1, 0.15) is 19.6 Å². The fourth-order valence-corrected chi connectivity index (χ4v) is 4.90. The maximum absolute atomic E-state index is 5.96. The molecule has 176 valence electrons. The number of rotatable bonds is 20. The van der Waals surface area contributed by atoms with Crippen molar-refractivity contribution >= 4 is 11.8 Å². The van der Waals surface area contributed by atoms with E-state index in [0.717, 1.165) is 32.2 Å². The lowest BCUT2D eigenvalue weighted by atomic mass is 10.1. The molecule has 1 fully saturated rings. The van der Waals surface area contributed by atoms with Crippen LogP contribution < -0.4 is 12.4 Å². The summed E-state index contributed by atoms with van der Waals surface area (Å²) in [6.45, 7) is 13.1. The molecule has 0 spiro atoms. The molecule has 0 atom stereocenters. The van der Waals surface area contributed by atoms with E-state index in [9.17, 15) is 0 Å². The SMILES string of the molecule is CCCCCCCCCCCCSCCOCC[N+]1(CCCC)CCOCC1.[Cl-]. The predicted molar refractivity (Wildman–Crippen MR) is 125 cm³/mol. The highest BCUT2D eigenvalue weighted by Crippen LogP contribution is 2.14. The molecule has 0 radical (unpaired) electrons. The molecule has 1 rings (SSSR count). The Balaban J connectivity index is 0.00000784. The Bertz CT molecular complexity index is 328. The van der Waals surface area contributed by atoms with E-state index in [1.807, 2.05) is 0 Å². The molecule has 0 aliphatic carbocycles. The largest absolute Gasteiger partial charge is 1.00 e. The van der Waals surface area contributed by atoms with Gasteiger partial charge >= 0.3 is 0 Å². The van der Waals surface area contributed by atoms with Crippen LogP contribution in [0.1, 0.15) is 90.9 Å². The van der Waals surface area contributed by atoms with E-state index < -0.39 is 0 Å². The van der Waals surface area contributed by atoms with Gasteiger partial charge in [-0.3, -0.25) is 0 Å². The van der Waals surface area contributed by atoms with Crippen LogP contribution in [-0.4, -0.2) is 68.6 Å². The fourth-order valence-electron chi connectivity index (χ4n) is 4.05. The van der Waals surface area contributed by atoms with Crippen molar-refractivity contribution in [1.29, 1.82) is 0 Å². The minimum Gasteiger partial charge on any atom is -1.00 e. The second kappa shape index (κ2) is 21.7. The molecule has 0 N–H and O–H groups in total. The summed E-state index contributed by atoms with van der Waals surface area (Å²) in [5.41, 5.74) is 0. The van der Waals surface area contributed by atoms with Crippen molar-refractivity contribution in [3.63, 3.8) is 0 Å². The number of hydrogen-bond donors (Lipinski definition) is 0. The molecule has 3 nitrogen and oxygen atoms in total. The summed E-state index contributed by atoms with van der Waals surface area (Å²) in [5.74, 6) is 2.48. The zero-order valence-corrected chi connectivity index (χ0v) is 21.2. The smallest absolute Gasteiger partial charge is 0.103 e. The Morgan fingerprint density at radius 3 is 1.90 bits per heavy atom. The van der Waals surface area contributed by atoms with Gasteiger partial charge in [0.05, 0.1) is 33.0 Å². The second-order valence-electron chi connectivity index (χ2n) is 8.61. The third kappa shape index (κ3) is 16.8. The number of morpholine rings is 1. The number of ether oxygens (including phenoxy) is 2. The Labute approximate surface area is 193 Å². The van der Waals surface area contributed by atoms with Gasteiger partial charge in [-0.15, -0.1) is 0 Å². The average molecular weight is 452 g/mol. The number of quaternary nitrogens is 1. The summed E-state index contributed by atoms with van der Waals surface area (Å²) in [6, 6.07) is 0. The van der Waals surface area contributed by atoms with Gasteiger partial charge in [-0.05, 0) is 18.6 Å². The number of halogens is 1. The molecule has 1 aliphatic rings. The van der Waals surface area contributed by atoms with E-state index in [1.165, 1.54) is 113 Å². The number of thioether (sulfide) groups is 1. The van der Waals surface area contributed by atoms with Crippen molar-refractivity contribution in [2.75, 3.05) is 64.1 Å². The van der Waals surface area contributed by atoms with Gasteiger partial charge in [0.25, 0.3) is 0 Å². The summed E-state index contributed by atoms with van der Waals surface area (Å²) in [7, 11) is 0. The van der Waals surface area contributed by atoms with Gasteiger partial charge in [0, 0.05) is 5.75 Å². The lowest BCUT2D eigenvalue weighted by Crippen LogP contribution is -3.00. The molecule has 1 heterocycles. The van der Waals surface area contributed by atoms with Crippen LogP contribution in [0.15, 0.2) is 0 Å². The van der Waals surface area contributed by atoms with Gasteiger partial charge in [-0.25, -0.2) is 0 Å². The normalized spacial score (nSPS) is 15.9. The van der Waals surface area contributed by atoms with E-state index >= 15 is 0 Å². The summed E-state index contributed by atoms with van der Waals surface area (Å²) in [5, 5.41) is 0. The topological polar surface area (TPSA) is 18.5 Å². The summed E-state index contributed by atoms with van der Waals surface area (Å²) in [6.07, 6.45) is 16.9. The standard InChI is InChI=1S/C24H50NO2S.ClH/c1-3-5-7-8-9-10-11-12-13-14-23-28-24-22-27-21-18-25(15-6-4-2)16-19-26-20-17-25;/h3-24H2,1-2H3;1H/q+1;/p-1. The zero-order chi connectivity index (χ0) is 20.2. The lowest BCUT2D eigenvalue weighted by Gasteiger charge is -2.41. The minimum atomic E-state index is 0. The van der Waals surface area contributed by atoms with E-state index in [1.54, 1.807) is 0 Å². The first-order chi connectivity index (χ1) is 13.8. The first-order valence-electron chi connectivity index (χ1n) is 12.4. The molecule has 0 unspecified atom stereocenters. The fraction of sp³-hybridized carbons (Fsp3) is 1.00. The zero-order valence-electron chi connectivity index (χ0n) is 19.6. The quantitative estimate of drug-likeness (QED) is 0.209. The van der Waals surface area contributed by atoms with Crippen LogP contribution in [0.4, 0.5) is 0 Å². The van der Waals surface area contributed by atoms with Crippen molar-refractivity contribution in [1.82, 2.24) is 0 Å². The van der Waals surface area contributed by atoms with E-state index in [-0.39, 0.29) is 12.4 Å². The molecular weight excluding hydrogens is 402 g/mol. The van der Waals surface area contributed by atoms with Crippen LogP contribution in [0.25, 0.3) is 0 Å². The Morgan fingerprint density at radius 2 is 1.28 bits per heavy atom. The van der Waals surface area contributed by atoms with Crippen LogP contribution in [-0.2, 0) is 9.47 Å². The van der Waals surface area contributed by atoms with Crippen molar-refractivity contribution in [3.8, 4) is 0 Å². The molecule has 5 heteroatoms. The molecule has 0 amide bonds. The summed E-state index contributed by atoms with van der Waals surface area (Å²) < 4.78 is 12.8.